The van der Waals surface area contributed by atoms with Crippen LogP contribution in [0.15, 0.2) is 91.0 Å². The van der Waals surface area contributed by atoms with Gasteiger partial charge < -0.3 is 18.7 Å². The Bertz CT molecular complexity index is 2050. The molecule has 4 aromatic carbocycles. The molecule has 0 aliphatic heterocycles. The van der Waals surface area contributed by atoms with Crippen LogP contribution in [-0.2, 0) is 35.2 Å². The summed E-state index contributed by atoms with van der Waals surface area (Å²) in [6.07, 6.45) is 0.141. The first-order valence-corrected chi connectivity index (χ1v) is 26.6. The maximum Gasteiger partial charge on any atom is 0.864 e. The van der Waals surface area contributed by atoms with Crippen molar-refractivity contribution in [3.8, 4) is 17.2 Å². The third-order valence-electron chi connectivity index (χ3n) is 13.3. The maximum atomic E-state index is 14.9. The molecule has 75 heavy (non-hydrogen) atoms. The number of halogens is 12. The summed E-state index contributed by atoms with van der Waals surface area (Å²) in [4.78, 5) is 0. The lowest BCUT2D eigenvalue weighted by molar-refractivity contribution is -1.01. The van der Waals surface area contributed by atoms with Gasteiger partial charge in [0.15, 0.2) is 0 Å². The minimum Gasteiger partial charge on any atom is -0.490 e. The molecule has 4 rings (SSSR count). The number of unbranched alkanes of at least 4 members (excludes halogenated alkanes) is 15. The van der Waals surface area contributed by atoms with Crippen LogP contribution in [0.25, 0.3) is 0 Å². The normalized spacial score (nSPS) is 13.2. The van der Waals surface area contributed by atoms with Crippen LogP contribution in [0, 0.1) is 6.07 Å². The van der Waals surface area contributed by atoms with Crippen molar-refractivity contribution in [2.45, 2.75) is 187 Å². The fraction of sp³-hybridized carbons (Fsp3) is 0.579. The van der Waals surface area contributed by atoms with Gasteiger partial charge in [-0.05, 0) is 112 Å². The van der Waals surface area contributed by atoms with Gasteiger partial charge in [0.05, 0.1) is 48.5 Å². The number of benzene rings is 4. The van der Waals surface area contributed by atoms with E-state index in [4.69, 9.17) is 18.7 Å². The van der Waals surface area contributed by atoms with E-state index in [-0.39, 0.29) is 35.8 Å². The van der Waals surface area contributed by atoms with Gasteiger partial charge in [-0.15, -0.1) is 0 Å². The Morgan fingerprint density at radius 2 is 0.760 bits per heavy atom. The van der Waals surface area contributed by atoms with E-state index < -0.39 is 60.0 Å². The van der Waals surface area contributed by atoms with Crippen molar-refractivity contribution in [2.75, 3.05) is 26.2 Å². The molecule has 0 radical (unpaired) electrons. The summed E-state index contributed by atoms with van der Waals surface area (Å²) in [5.41, 5.74) is -4.78. The van der Waals surface area contributed by atoms with Gasteiger partial charge in [0.1, 0.15) is 17.2 Å². The summed E-state index contributed by atoms with van der Waals surface area (Å²) in [5.74, 6) is -0.406. The van der Waals surface area contributed by atoms with Gasteiger partial charge in [-0.1, -0.05) is 110 Å². The van der Waals surface area contributed by atoms with E-state index in [1.54, 1.807) is 0 Å². The Morgan fingerprint density at radius 3 is 1.09 bits per heavy atom. The summed E-state index contributed by atoms with van der Waals surface area (Å²) in [6.45, 7) is 12.2. The second-order valence-electron chi connectivity index (χ2n) is 18.9. The second kappa shape index (κ2) is 31.6. The highest BCUT2D eigenvalue weighted by atomic mass is 19.4. The van der Waals surface area contributed by atoms with Crippen LogP contribution in [-0.4, -0.2) is 38.0 Å². The van der Waals surface area contributed by atoms with E-state index in [0.717, 1.165) is 188 Å². The number of hydrogen-bond acceptors (Lipinski definition) is 4. The lowest BCUT2D eigenvalue weighted by Crippen LogP contribution is -2.65. The largest absolute Gasteiger partial charge is 0.864 e. The third-order valence-corrected chi connectivity index (χ3v) is 13.3. The number of rotatable bonds is 32. The molecule has 1 unspecified atom stereocenters. The van der Waals surface area contributed by atoms with Crippen LogP contribution in [0.1, 0.15) is 184 Å². The Labute approximate surface area is 437 Å². The van der Waals surface area contributed by atoms with Crippen molar-refractivity contribution in [2.24, 2.45) is 0 Å². The van der Waals surface area contributed by atoms with E-state index in [1.807, 2.05) is 13.8 Å². The highest BCUT2D eigenvalue weighted by Crippen LogP contribution is 2.48. The number of quaternary nitrogens is 1. The smallest absolute Gasteiger partial charge is 0.490 e. The Balaban J connectivity index is 0.00000132. The molecule has 4 aromatic rings. The van der Waals surface area contributed by atoms with Crippen molar-refractivity contribution in [1.29, 1.82) is 0 Å². The zero-order valence-electron chi connectivity index (χ0n) is 44.1. The highest BCUT2D eigenvalue weighted by Gasteiger charge is 2.54. The molecule has 0 aliphatic carbocycles. The summed E-state index contributed by atoms with van der Waals surface area (Å²) < 4.78 is 187. The number of hydrogen-bond donors (Lipinski definition) is 0. The molecule has 0 aliphatic rings. The Morgan fingerprint density at radius 1 is 0.413 bits per heavy atom. The van der Waals surface area contributed by atoms with Gasteiger partial charge in [0, 0.05) is 6.42 Å². The van der Waals surface area contributed by atoms with Crippen LogP contribution < -0.4 is 14.0 Å². The first-order valence-electron chi connectivity index (χ1n) is 26.6. The fourth-order valence-corrected chi connectivity index (χ4v) is 9.33. The molecule has 0 heterocycles. The van der Waals surface area contributed by atoms with Crippen molar-refractivity contribution < 1.29 is 75.9 Å². The van der Waals surface area contributed by atoms with Crippen LogP contribution in [0.3, 0.4) is 0 Å². The quantitative estimate of drug-likeness (QED) is 0.0122. The average Bonchev–Trinajstić information content (AvgIpc) is 3.36. The second-order valence-corrected chi connectivity index (χ2v) is 18.9. The summed E-state index contributed by atoms with van der Waals surface area (Å²) in [6, 6.07) is 17.3. The minimum atomic E-state index is -4.76. The van der Waals surface area contributed by atoms with Crippen LogP contribution in [0.4, 0.5) is 52.7 Å². The molecule has 1 atom stereocenters. The van der Waals surface area contributed by atoms with Crippen molar-refractivity contribution in [3.63, 3.8) is 0 Å². The summed E-state index contributed by atoms with van der Waals surface area (Å²) in [7, 11) is -1.90. The summed E-state index contributed by atoms with van der Waals surface area (Å²) in [5, 5.41) is 0. The monoisotopic (exact) mass is 1080 g/mol. The fourth-order valence-electron chi connectivity index (χ4n) is 9.33. The SMILES string of the molecule is CCCCCCCC[N+](CCCCCCCC)(CCCCCCCC)C(CC)(OCC)c1cc(C(F)(F)F)ccc1OB(Oc1ccc(C(F)(F)F)cc1)Oc1ccc(C(F)(F)F)cc1.FC(F)(F)c1cc[c-]cc1. The van der Waals surface area contributed by atoms with Crippen molar-refractivity contribution in [1.82, 2.24) is 0 Å². The molecule has 0 aromatic heterocycles. The minimum absolute atomic E-state index is 0.0894. The summed E-state index contributed by atoms with van der Waals surface area (Å²) >= 11 is 0. The zero-order chi connectivity index (χ0) is 55.6. The van der Waals surface area contributed by atoms with Crippen LogP contribution >= 0.6 is 0 Å². The number of ether oxygens (including phenoxy) is 1. The van der Waals surface area contributed by atoms with Crippen molar-refractivity contribution >= 4 is 7.32 Å². The first-order chi connectivity index (χ1) is 35.5. The topological polar surface area (TPSA) is 36.9 Å². The molecule has 0 saturated heterocycles. The lowest BCUT2D eigenvalue weighted by atomic mass is 9.89. The standard InChI is InChI=1S/C50H72BF9NO4.C7H4F3/c1-6-11-14-17-20-23-36-61(37-24-21-18-15-12-7-2,38-25-22-19-16-13-8-3)47(9-4,62-10-5)45-39-42(50(58,59)60)30-35-46(45)65-51(63-43-31-26-40(27-32-43)48(52,53)54)64-44-33-28-41(29-34-44)49(55,56)57;8-7(9,10)6-4-2-1-3-5-6/h26-35,39H,6-25,36-38H2,1-5H3;2-5H/q+1;-1. The Hall–Kier alpha value is -4.58. The van der Waals surface area contributed by atoms with Gasteiger partial charge in [0.25, 0.3) is 0 Å². The molecule has 0 amide bonds. The van der Waals surface area contributed by atoms with Gasteiger partial charge in [-0.3, -0.25) is 4.48 Å². The zero-order valence-corrected chi connectivity index (χ0v) is 44.1. The van der Waals surface area contributed by atoms with E-state index in [0.29, 0.717) is 24.1 Å². The molecule has 0 N–H and O–H groups in total. The highest BCUT2D eigenvalue weighted by molar-refractivity contribution is 6.39. The van der Waals surface area contributed by atoms with E-state index in [9.17, 15) is 52.7 Å². The lowest BCUT2D eigenvalue weighted by Gasteiger charge is -2.53. The number of alkyl halides is 12. The average molecular weight is 1080 g/mol. The molecule has 18 heteroatoms. The predicted octanol–water partition coefficient (Wildman–Crippen LogP) is 19.3. The Kier molecular flexibility index (Phi) is 27.3. The predicted molar refractivity (Wildman–Crippen MR) is 271 cm³/mol. The maximum absolute atomic E-state index is 14.9. The molecular formula is C57H76BF12NO4. The molecule has 0 spiro atoms. The molecule has 420 valence electrons. The van der Waals surface area contributed by atoms with E-state index in [2.05, 4.69) is 26.8 Å². The van der Waals surface area contributed by atoms with Crippen LogP contribution in [0.2, 0.25) is 0 Å². The molecular weight excluding hydrogens is 1000 g/mol. The van der Waals surface area contributed by atoms with Gasteiger partial charge >= 0.3 is 32.0 Å². The molecule has 0 bridgehead atoms. The van der Waals surface area contributed by atoms with Gasteiger partial charge in [0.2, 0.25) is 5.72 Å². The van der Waals surface area contributed by atoms with Gasteiger partial charge in [-0.2, -0.15) is 83.0 Å². The third kappa shape index (κ3) is 21.4. The molecule has 0 saturated carbocycles. The van der Waals surface area contributed by atoms with Gasteiger partial charge in [-0.25, -0.2) is 0 Å². The molecule has 0 fully saturated rings. The van der Waals surface area contributed by atoms with Crippen LogP contribution in [0.5, 0.6) is 17.2 Å². The van der Waals surface area contributed by atoms with Crippen molar-refractivity contribution in [3.05, 3.63) is 125 Å². The van der Waals surface area contributed by atoms with E-state index >= 15 is 0 Å². The molecule has 5 nitrogen and oxygen atoms in total. The first kappa shape index (κ1) is 64.7. The number of nitrogens with zero attached hydrogens (tertiary/aromatic N) is 1. The van der Waals surface area contributed by atoms with E-state index in [1.165, 1.54) is 18.2 Å².